The summed E-state index contributed by atoms with van der Waals surface area (Å²) in [6, 6.07) is 13.3. The molecule has 1 atom stereocenters. The van der Waals surface area contributed by atoms with Gasteiger partial charge in [-0.15, -0.1) is 11.3 Å². The van der Waals surface area contributed by atoms with E-state index in [9.17, 15) is 14.7 Å². The van der Waals surface area contributed by atoms with E-state index in [0.717, 1.165) is 66.1 Å². The number of halogens is 1. The van der Waals surface area contributed by atoms with Crippen LogP contribution in [0, 0.1) is 6.92 Å². The van der Waals surface area contributed by atoms with Gasteiger partial charge in [0, 0.05) is 48.1 Å². The molecule has 0 spiro atoms. The van der Waals surface area contributed by atoms with Crippen LogP contribution in [0.4, 0.5) is 0 Å². The van der Waals surface area contributed by atoms with Crippen LogP contribution in [0.3, 0.4) is 0 Å². The molecule has 2 fully saturated rings. The molecule has 7 rings (SSSR count). The molecule has 2 aromatic carbocycles. The van der Waals surface area contributed by atoms with E-state index >= 15 is 0 Å². The van der Waals surface area contributed by atoms with Crippen LogP contribution in [0.1, 0.15) is 69.4 Å². The summed E-state index contributed by atoms with van der Waals surface area (Å²) in [7, 11) is 18.6. The Balaban J connectivity index is 1.31. The fraction of sp³-hybridized carbons (Fsp3) is 0.432. The van der Waals surface area contributed by atoms with E-state index in [1.165, 1.54) is 16.0 Å². The molecule has 2 aliphatic heterocycles. The Morgan fingerprint density at radius 1 is 1.04 bits per heavy atom. The van der Waals surface area contributed by atoms with Crippen LogP contribution in [0.25, 0.3) is 43.1 Å². The lowest BCUT2D eigenvalue weighted by Gasteiger charge is -2.47. The highest BCUT2D eigenvalue weighted by Gasteiger charge is 2.37. The second-order valence-electron chi connectivity index (χ2n) is 14.9. The molecule has 6 radical (unpaired) electrons. The number of piperidine rings is 1. The summed E-state index contributed by atoms with van der Waals surface area (Å²) in [4.78, 5) is 39.0. The molecule has 0 saturated carbocycles. The van der Waals surface area contributed by atoms with E-state index < -0.39 is 22.9 Å². The Hall–Kier alpha value is -3.71. The highest BCUT2D eigenvalue weighted by atomic mass is 35.5. The number of aryl methyl sites for hydroxylation is 1. The molecule has 2 saturated heterocycles. The van der Waals surface area contributed by atoms with Crippen LogP contribution in [-0.2, 0) is 19.6 Å². The molecule has 2 aliphatic rings. The number of aromatic nitrogens is 4. The number of pyridine rings is 1. The van der Waals surface area contributed by atoms with E-state index in [1.54, 1.807) is 19.1 Å². The van der Waals surface area contributed by atoms with Crippen molar-refractivity contribution < 1.29 is 19.4 Å². The minimum absolute atomic E-state index is 0.0990. The lowest BCUT2D eigenvalue weighted by molar-refractivity contribution is -0.160. The van der Waals surface area contributed by atoms with E-state index in [2.05, 4.69) is 4.90 Å². The number of carboxylic acids is 1. The van der Waals surface area contributed by atoms with Crippen LogP contribution in [0.2, 0.25) is 5.02 Å². The van der Waals surface area contributed by atoms with Crippen molar-refractivity contribution in [3.05, 3.63) is 64.3 Å². The first-order valence-corrected chi connectivity index (χ1v) is 18.5. The average Bonchev–Trinajstić information content (AvgIpc) is 3.64. The predicted octanol–water partition coefficient (Wildman–Crippen LogP) is 5.76. The molecule has 15 heteroatoms. The number of ether oxygens (including phenoxy) is 1. The summed E-state index contributed by atoms with van der Waals surface area (Å²) in [5, 5.41) is 14.8. The Morgan fingerprint density at radius 3 is 2.31 bits per heavy atom. The lowest BCUT2D eigenvalue weighted by atomic mass is 9.49. The smallest absolute Gasteiger partial charge is 0.337 e. The van der Waals surface area contributed by atoms with Gasteiger partial charge in [0.1, 0.15) is 10.5 Å². The van der Waals surface area contributed by atoms with Crippen molar-refractivity contribution in [2.45, 2.75) is 76.4 Å². The van der Waals surface area contributed by atoms with Crippen molar-refractivity contribution in [3.63, 3.8) is 0 Å². The normalized spacial score (nSPS) is 17.2. The van der Waals surface area contributed by atoms with E-state index in [1.807, 2.05) is 62.9 Å². The monoisotopic (exact) mass is 730 g/mol. The van der Waals surface area contributed by atoms with E-state index in [-0.39, 0.29) is 11.8 Å². The van der Waals surface area contributed by atoms with Crippen molar-refractivity contribution in [1.82, 2.24) is 29.5 Å². The number of nitrogens with zero attached hydrogens (tertiary/aromatic N) is 6. The summed E-state index contributed by atoms with van der Waals surface area (Å²) in [6.07, 6.45) is 0.489. The topological polar surface area (TPSA) is 114 Å². The van der Waals surface area contributed by atoms with Gasteiger partial charge in [-0.25, -0.2) is 14.8 Å². The Bertz CT molecular complexity index is 2180. The standard InChI is InChI=1S/C37H38B3ClN6O4S/c1-19-16-26-33(29(21-6-8-23(41)9-7-21)28(19)32(35(49)50)51-36(3,4)5)52-34(43-26)25-10-11-27-31(42-25)30(44-47(27)37(38,39)40)22-12-14-45(15-13-22)24-17-46(18-24)20(2)48/h6-11,16,22,24,32H,12-15,17-18H2,1-5H3,(H,49,50)/t32-/m0/s1. The minimum Gasteiger partial charge on any atom is -0.479 e. The predicted molar refractivity (Wildman–Crippen MR) is 207 cm³/mol. The lowest BCUT2D eigenvalue weighted by Crippen LogP contribution is -2.61. The molecule has 5 aromatic rings. The summed E-state index contributed by atoms with van der Waals surface area (Å²) >= 11 is 7.71. The number of thiazole rings is 1. The maximum absolute atomic E-state index is 12.8. The number of hydrogen-bond acceptors (Lipinski definition) is 8. The fourth-order valence-corrected chi connectivity index (χ4v) is 8.56. The molecule has 3 aromatic heterocycles. The maximum Gasteiger partial charge on any atom is 0.337 e. The number of carboxylic acid groups (broad SMARTS) is 1. The molecule has 52 heavy (non-hydrogen) atoms. The third kappa shape index (κ3) is 7.02. The molecule has 0 unspecified atom stereocenters. The zero-order chi connectivity index (χ0) is 37.3. The zero-order valence-electron chi connectivity index (χ0n) is 29.9. The Morgan fingerprint density at radius 2 is 1.71 bits per heavy atom. The molecule has 10 nitrogen and oxygen atoms in total. The van der Waals surface area contributed by atoms with Gasteiger partial charge in [-0.3, -0.25) is 14.4 Å². The van der Waals surface area contributed by atoms with Crippen molar-refractivity contribution in [2.24, 2.45) is 0 Å². The van der Waals surface area contributed by atoms with Gasteiger partial charge >= 0.3 is 5.97 Å². The van der Waals surface area contributed by atoms with Crippen molar-refractivity contribution in [3.8, 4) is 21.8 Å². The van der Waals surface area contributed by atoms with Crippen LogP contribution in [-0.4, -0.2) is 108 Å². The molecule has 262 valence electrons. The summed E-state index contributed by atoms with van der Waals surface area (Å²) in [6.45, 7) is 12.3. The van der Waals surface area contributed by atoms with Crippen LogP contribution in [0.15, 0.2) is 42.5 Å². The maximum atomic E-state index is 12.8. The molecular weight excluding hydrogens is 692 g/mol. The quantitative estimate of drug-likeness (QED) is 0.201. The zero-order valence-corrected chi connectivity index (χ0v) is 31.5. The third-order valence-electron chi connectivity index (χ3n) is 9.90. The molecule has 1 amide bonds. The van der Waals surface area contributed by atoms with E-state index in [0.29, 0.717) is 43.9 Å². The van der Waals surface area contributed by atoms with Crippen molar-refractivity contribution >= 4 is 79.6 Å². The summed E-state index contributed by atoms with van der Waals surface area (Å²) < 4.78 is 8.41. The van der Waals surface area contributed by atoms with Crippen LogP contribution >= 0.6 is 22.9 Å². The first kappa shape index (κ1) is 36.6. The highest BCUT2D eigenvalue weighted by molar-refractivity contribution is 7.22. The van der Waals surface area contributed by atoms with Gasteiger partial charge in [-0.2, -0.15) is 5.10 Å². The fourth-order valence-electron chi connectivity index (χ4n) is 7.34. The highest BCUT2D eigenvalue weighted by Crippen LogP contribution is 2.45. The number of aliphatic carboxylic acids is 1. The average molecular weight is 731 g/mol. The number of hydrogen-bond donors (Lipinski definition) is 1. The van der Waals surface area contributed by atoms with Gasteiger partial charge < -0.3 is 14.7 Å². The largest absolute Gasteiger partial charge is 0.479 e. The number of likely N-dealkylation sites (tertiary alicyclic amines) is 2. The first-order chi connectivity index (χ1) is 24.5. The molecular formula is C37H38B3ClN6O4S. The molecule has 1 N–H and O–H groups in total. The number of carbonyl (C=O) groups is 2. The minimum atomic E-state index is -1.74. The SMILES string of the molecule is [B]C([B])([B])n1nc(C2CCN(C3CN(C(C)=O)C3)CC2)c2nc(-c3nc4cc(C)c([C@H](OC(C)(C)C)C(=O)O)c(-c5ccc(Cl)cc5)c4s3)ccc21. The van der Waals surface area contributed by atoms with Gasteiger partial charge in [0.2, 0.25) is 5.91 Å². The number of rotatable bonds is 8. The molecule has 5 heterocycles. The van der Waals surface area contributed by atoms with Crippen LogP contribution in [0.5, 0.6) is 0 Å². The number of amides is 1. The molecule has 0 bridgehead atoms. The number of benzene rings is 2. The summed E-state index contributed by atoms with van der Waals surface area (Å²) in [5.74, 6) is -0.869. The van der Waals surface area contributed by atoms with Gasteiger partial charge in [-0.05, 0) is 100 Å². The van der Waals surface area contributed by atoms with Crippen molar-refractivity contribution in [2.75, 3.05) is 26.2 Å². The summed E-state index contributed by atoms with van der Waals surface area (Å²) in [5.41, 5.74) is 5.51. The second kappa shape index (κ2) is 13.6. The van der Waals surface area contributed by atoms with Gasteiger partial charge in [0.25, 0.3) is 0 Å². The number of carbonyl (C=O) groups excluding carboxylic acids is 1. The van der Waals surface area contributed by atoms with Crippen LogP contribution < -0.4 is 0 Å². The second-order valence-corrected chi connectivity index (χ2v) is 16.4. The Labute approximate surface area is 316 Å². The number of fused-ring (bicyclic) bond motifs is 2. The molecule has 0 aliphatic carbocycles. The first-order valence-electron chi connectivity index (χ1n) is 17.4. The van der Waals surface area contributed by atoms with Gasteiger partial charge in [0.05, 0.1) is 56.3 Å². The van der Waals surface area contributed by atoms with E-state index in [4.69, 9.17) is 54.9 Å². The van der Waals surface area contributed by atoms with Gasteiger partial charge in [0.15, 0.2) is 6.10 Å². The third-order valence-corrected chi connectivity index (χ3v) is 11.3. The Kier molecular flexibility index (Phi) is 9.59. The van der Waals surface area contributed by atoms with Gasteiger partial charge in [-0.1, -0.05) is 23.7 Å². The van der Waals surface area contributed by atoms with Crippen molar-refractivity contribution in [1.29, 1.82) is 0 Å².